The fraction of sp³-hybridized carbons (Fsp3) is 0.350. The van der Waals surface area contributed by atoms with E-state index in [1.165, 1.54) is 12.8 Å². The van der Waals surface area contributed by atoms with E-state index < -0.39 is 0 Å². The van der Waals surface area contributed by atoms with E-state index in [-0.39, 0.29) is 18.3 Å². The summed E-state index contributed by atoms with van der Waals surface area (Å²) in [6, 6.07) is 13.9. The average Bonchev–Trinajstić information content (AvgIpc) is 3.47. The Labute approximate surface area is 169 Å². The molecule has 1 aliphatic heterocycles. The van der Waals surface area contributed by atoms with Gasteiger partial charge in [-0.2, -0.15) is 0 Å². The molecule has 0 radical (unpaired) electrons. The van der Waals surface area contributed by atoms with Crippen molar-refractivity contribution < 1.29 is 14.3 Å². The van der Waals surface area contributed by atoms with Crippen LogP contribution in [0.5, 0.6) is 11.5 Å². The molecule has 1 aliphatic carbocycles. The van der Waals surface area contributed by atoms with Crippen LogP contribution in [0.15, 0.2) is 52.3 Å². The highest BCUT2D eigenvalue weighted by Gasteiger charge is 2.21. The molecule has 1 fully saturated rings. The van der Waals surface area contributed by atoms with E-state index in [9.17, 15) is 4.79 Å². The normalized spacial score (nSPS) is 15.0. The van der Waals surface area contributed by atoms with Crippen LogP contribution in [0.4, 0.5) is 5.69 Å². The summed E-state index contributed by atoms with van der Waals surface area (Å²) in [7, 11) is 0. The number of hydrogen-bond donors (Lipinski definition) is 2. The lowest BCUT2D eigenvalue weighted by molar-refractivity contribution is -0.115. The quantitative estimate of drug-likeness (QED) is 0.728. The van der Waals surface area contributed by atoms with E-state index in [0.717, 1.165) is 33.7 Å². The predicted octanol–water partition coefficient (Wildman–Crippen LogP) is 3.97. The molecule has 7 heteroatoms. The minimum Gasteiger partial charge on any atom is -0.486 e. The lowest BCUT2D eigenvalue weighted by Crippen LogP contribution is -2.29. The van der Waals surface area contributed by atoms with Crippen LogP contribution < -0.4 is 20.1 Å². The second kappa shape index (κ2) is 9.35. The standard InChI is InChI=1S/C20H22N2O3S.ClH/c23-20(13-21-12-14-6-7-14)22-16-10-17-18(25-9-8-24-17)11-19(16)26-15-4-2-1-3-5-15;/h1-5,10-11,14,21H,6-9,12-13H2,(H,22,23);1H. The molecule has 2 aliphatic rings. The number of anilines is 1. The van der Waals surface area contributed by atoms with Crippen molar-refractivity contribution >= 4 is 35.8 Å². The van der Waals surface area contributed by atoms with E-state index in [1.54, 1.807) is 11.8 Å². The molecule has 2 aromatic carbocycles. The second-order valence-electron chi connectivity index (χ2n) is 6.53. The van der Waals surface area contributed by atoms with E-state index in [1.807, 2.05) is 42.5 Å². The number of hydrogen-bond acceptors (Lipinski definition) is 5. The van der Waals surface area contributed by atoms with Gasteiger partial charge in [0, 0.05) is 21.9 Å². The molecule has 1 amide bonds. The molecule has 0 unspecified atom stereocenters. The highest BCUT2D eigenvalue weighted by molar-refractivity contribution is 7.99. The molecule has 2 aromatic rings. The molecule has 2 N–H and O–H groups in total. The number of ether oxygens (including phenoxy) is 2. The Morgan fingerprint density at radius 2 is 1.78 bits per heavy atom. The Balaban J connectivity index is 0.00000210. The van der Waals surface area contributed by atoms with Gasteiger partial charge >= 0.3 is 0 Å². The van der Waals surface area contributed by atoms with Crippen LogP contribution in [-0.2, 0) is 4.79 Å². The van der Waals surface area contributed by atoms with Crippen molar-refractivity contribution in [2.75, 3.05) is 31.6 Å². The maximum absolute atomic E-state index is 12.3. The summed E-state index contributed by atoms with van der Waals surface area (Å²) in [5.74, 6) is 2.10. The first-order valence-corrected chi connectivity index (χ1v) is 9.77. The summed E-state index contributed by atoms with van der Waals surface area (Å²) in [5.41, 5.74) is 0.751. The van der Waals surface area contributed by atoms with E-state index >= 15 is 0 Å². The van der Waals surface area contributed by atoms with Gasteiger partial charge in [-0.05, 0) is 37.4 Å². The first kappa shape index (κ1) is 19.9. The van der Waals surface area contributed by atoms with Gasteiger partial charge in [-0.1, -0.05) is 30.0 Å². The minimum atomic E-state index is -0.0442. The molecule has 0 atom stereocenters. The molecule has 0 aromatic heterocycles. The summed E-state index contributed by atoms with van der Waals surface area (Å²) in [5, 5.41) is 6.24. The van der Waals surface area contributed by atoms with Gasteiger partial charge in [0.05, 0.1) is 12.2 Å². The zero-order valence-electron chi connectivity index (χ0n) is 14.9. The largest absolute Gasteiger partial charge is 0.486 e. The maximum atomic E-state index is 12.3. The second-order valence-corrected chi connectivity index (χ2v) is 7.64. The topological polar surface area (TPSA) is 59.6 Å². The lowest BCUT2D eigenvalue weighted by Gasteiger charge is -2.21. The highest BCUT2D eigenvalue weighted by Crippen LogP contribution is 2.42. The Morgan fingerprint density at radius 3 is 2.48 bits per heavy atom. The van der Waals surface area contributed by atoms with Gasteiger partial charge in [-0.3, -0.25) is 4.79 Å². The number of fused-ring (bicyclic) bond motifs is 1. The molecule has 0 bridgehead atoms. The molecule has 1 heterocycles. The van der Waals surface area contributed by atoms with Crippen molar-refractivity contribution in [3.8, 4) is 11.5 Å². The summed E-state index contributed by atoms with van der Waals surface area (Å²) in [4.78, 5) is 14.4. The van der Waals surface area contributed by atoms with Crippen LogP contribution >= 0.6 is 24.2 Å². The number of nitrogens with one attached hydrogen (secondary N) is 2. The summed E-state index contributed by atoms with van der Waals surface area (Å²) >= 11 is 1.60. The third-order valence-electron chi connectivity index (χ3n) is 4.30. The Morgan fingerprint density at radius 1 is 1.07 bits per heavy atom. The van der Waals surface area contributed by atoms with Gasteiger partial charge in [-0.25, -0.2) is 0 Å². The monoisotopic (exact) mass is 406 g/mol. The molecule has 144 valence electrons. The van der Waals surface area contributed by atoms with Gasteiger partial charge < -0.3 is 20.1 Å². The SMILES string of the molecule is Cl.O=C(CNCC1CC1)Nc1cc2c(cc1Sc1ccccc1)OCCO2. The van der Waals surface area contributed by atoms with Gasteiger partial charge in [0.15, 0.2) is 11.5 Å². The predicted molar refractivity (Wildman–Crippen MR) is 109 cm³/mol. The fourth-order valence-corrected chi connectivity index (χ4v) is 3.71. The van der Waals surface area contributed by atoms with Crippen molar-refractivity contribution in [3.05, 3.63) is 42.5 Å². The third-order valence-corrected chi connectivity index (χ3v) is 5.37. The fourth-order valence-electron chi connectivity index (χ4n) is 2.77. The molecule has 27 heavy (non-hydrogen) atoms. The van der Waals surface area contributed by atoms with Crippen molar-refractivity contribution in [1.29, 1.82) is 0 Å². The minimum absolute atomic E-state index is 0. The van der Waals surface area contributed by atoms with Gasteiger partial charge in [0.25, 0.3) is 0 Å². The Bertz CT molecular complexity index is 784. The summed E-state index contributed by atoms with van der Waals surface area (Å²) in [6.45, 7) is 2.30. The average molecular weight is 407 g/mol. The zero-order valence-corrected chi connectivity index (χ0v) is 16.5. The smallest absolute Gasteiger partial charge is 0.238 e. The van der Waals surface area contributed by atoms with Crippen LogP contribution in [0.3, 0.4) is 0 Å². The van der Waals surface area contributed by atoms with E-state index in [0.29, 0.717) is 25.5 Å². The van der Waals surface area contributed by atoms with E-state index in [2.05, 4.69) is 10.6 Å². The first-order valence-electron chi connectivity index (χ1n) is 8.95. The summed E-state index contributed by atoms with van der Waals surface area (Å²) in [6.07, 6.45) is 2.54. The van der Waals surface area contributed by atoms with Gasteiger partial charge in [-0.15, -0.1) is 12.4 Å². The maximum Gasteiger partial charge on any atom is 0.238 e. The van der Waals surface area contributed by atoms with Crippen LogP contribution in [0.25, 0.3) is 0 Å². The number of amides is 1. The van der Waals surface area contributed by atoms with Crippen molar-refractivity contribution in [1.82, 2.24) is 5.32 Å². The van der Waals surface area contributed by atoms with Crippen molar-refractivity contribution in [3.63, 3.8) is 0 Å². The summed E-state index contributed by atoms with van der Waals surface area (Å²) < 4.78 is 11.4. The van der Waals surface area contributed by atoms with Crippen LogP contribution in [-0.4, -0.2) is 32.2 Å². The first-order chi connectivity index (χ1) is 12.8. The Kier molecular flexibility index (Phi) is 6.88. The van der Waals surface area contributed by atoms with Crippen LogP contribution in [0.2, 0.25) is 0 Å². The number of carbonyl (C=O) groups excluding carboxylic acids is 1. The van der Waals surface area contributed by atoms with Gasteiger partial charge in [0.2, 0.25) is 5.91 Å². The molecule has 0 saturated heterocycles. The van der Waals surface area contributed by atoms with Crippen LogP contribution in [0.1, 0.15) is 12.8 Å². The van der Waals surface area contributed by atoms with Crippen molar-refractivity contribution in [2.24, 2.45) is 5.92 Å². The number of halogens is 1. The van der Waals surface area contributed by atoms with Gasteiger partial charge in [0.1, 0.15) is 13.2 Å². The lowest BCUT2D eigenvalue weighted by atomic mass is 10.2. The molecule has 4 rings (SSSR count). The van der Waals surface area contributed by atoms with E-state index in [4.69, 9.17) is 9.47 Å². The highest BCUT2D eigenvalue weighted by atomic mass is 35.5. The zero-order chi connectivity index (χ0) is 17.8. The molecule has 1 saturated carbocycles. The molecule has 5 nitrogen and oxygen atoms in total. The Hall–Kier alpha value is -1.89. The number of benzene rings is 2. The van der Waals surface area contributed by atoms with Crippen molar-refractivity contribution in [2.45, 2.75) is 22.6 Å². The third kappa shape index (κ3) is 5.54. The van der Waals surface area contributed by atoms with Crippen LogP contribution in [0, 0.1) is 5.92 Å². The molecular weight excluding hydrogens is 384 g/mol. The number of rotatable bonds is 7. The molecule has 0 spiro atoms. The number of carbonyl (C=O) groups is 1. The molecular formula is C20H23ClN2O3S.